The van der Waals surface area contributed by atoms with Gasteiger partial charge in [0.25, 0.3) is 0 Å². The van der Waals surface area contributed by atoms with Crippen LogP contribution in [0.3, 0.4) is 0 Å². The van der Waals surface area contributed by atoms with E-state index in [2.05, 4.69) is 36.7 Å². The molecule has 1 aromatic rings. The summed E-state index contributed by atoms with van der Waals surface area (Å²) in [5, 5.41) is 0. The summed E-state index contributed by atoms with van der Waals surface area (Å²) in [6.07, 6.45) is 0. The van der Waals surface area contributed by atoms with E-state index in [1.807, 2.05) is 0 Å². The van der Waals surface area contributed by atoms with E-state index < -0.39 is 0 Å². The van der Waals surface area contributed by atoms with E-state index >= 15 is 0 Å². The number of halogens is 3. The maximum absolute atomic E-state index is 13.0. The Morgan fingerprint density at radius 3 is 2.27 bits per heavy atom. The Hall–Kier alpha value is -0.120. The van der Waals surface area contributed by atoms with Crippen LogP contribution in [0.4, 0.5) is 4.39 Å². The Labute approximate surface area is 105 Å². The molecule has 1 aromatic carbocycles. The second kappa shape index (κ2) is 5.28. The van der Waals surface area contributed by atoms with Crippen molar-refractivity contribution in [3.05, 3.63) is 34.1 Å². The van der Waals surface area contributed by atoms with Crippen LogP contribution in [0.5, 0.6) is 0 Å². The van der Waals surface area contributed by atoms with Gasteiger partial charge in [-0.2, -0.15) is 0 Å². The van der Waals surface area contributed by atoms with Crippen molar-refractivity contribution in [3.63, 3.8) is 0 Å². The Balaban J connectivity index is 0.00000196. The highest BCUT2D eigenvalue weighted by molar-refractivity contribution is 9.10. The van der Waals surface area contributed by atoms with Gasteiger partial charge in [0.15, 0.2) is 0 Å². The Morgan fingerprint density at radius 2 is 1.87 bits per heavy atom. The normalized spacial score (nSPS) is 13.2. The van der Waals surface area contributed by atoms with Crippen molar-refractivity contribution in [1.82, 2.24) is 0 Å². The monoisotopic (exact) mass is 295 g/mol. The summed E-state index contributed by atoms with van der Waals surface area (Å²) in [5.41, 5.74) is 6.98. The molecule has 2 N–H and O–H groups in total. The van der Waals surface area contributed by atoms with Gasteiger partial charge in [0.1, 0.15) is 5.82 Å². The van der Waals surface area contributed by atoms with Gasteiger partial charge in [-0.1, -0.05) is 26.8 Å². The maximum atomic E-state index is 13.0. The van der Waals surface area contributed by atoms with E-state index in [1.54, 1.807) is 12.1 Å². The van der Waals surface area contributed by atoms with Crippen molar-refractivity contribution >= 4 is 28.3 Å². The van der Waals surface area contributed by atoms with Crippen molar-refractivity contribution in [2.24, 2.45) is 11.1 Å². The van der Waals surface area contributed by atoms with E-state index in [0.29, 0.717) is 4.47 Å². The summed E-state index contributed by atoms with van der Waals surface area (Å²) in [6, 6.07) is 4.83. The molecule has 0 spiro atoms. The number of benzene rings is 1. The zero-order valence-electron chi connectivity index (χ0n) is 9.05. The van der Waals surface area contributed by atoms with E-state index in [9.17, 15) is 4.39 Å². The number of rotatable bonds is 1. The van der Waals surface area contributed by atoms with Crippen LogP contribution in [0.15, 0.2) is 22.7 Å². The van der Waals surface area contributed by atoms with Gasteiger partial charge >= 0.3 is 0 Å². The summed E-state index contributed by atoms with van der Waals surface area (Å²) in [6.45, 7) is 6.19. The van der Waals surface area contributed by atoms with Crippen LogP contribution in [-0.4, -0.2) is 0 Å². The lowest BCUT2D eigenvalue weighted by Gasteiger charge is -2.27. The average molecular weight is 297 g/mol. The van der Waals surface area contributed by atoms with Gasteiger partial charge in [-0.15, -0.1) is 12.4 Å². The van der Waals surface area contributed by atoms with Gasteiger partial charge < -0.3 is 5.73 Å². The summed E-state index contributed by atoms with van der Waals surface area (Å²) in [7, 11) is 0. The molecule has 0 saturated carbocycles. The van der Waals surface area contributed by atoms with Crippen LogP contribution in [0, 0.1) is 11.2 Å². The molecule has 1 atom stereocenters. The van der Waals surface area contributed by atoms with E-state index in [0.717, 1.165) is 5.56 Å². The molecule has 0 radical (unpaired) electrons. The Kier molecular flexibility index (Phi) is 5.24. The topological polar surface area (TPSA) is 26.0 Å². The SMILES string of the molecule is CC(C)(C)[C@@H](N)c1ccc(F)c(Br)c1.Cl. The molecule has 0 bridgehead atoms. The fraction of sp³-hybridized carbons (Fsp3) is 0.455. The Bertz CT molecular complexity index is 336. The summed E-state index contributed by atoms with van der Waals surface area (Å²) < 4.78 is 13.4. The minimum Gasteiger partial charge on any atom is -0.324 e. The number of hydrogen-bond acceptors (Lipinski definition) is 1. The lowest BCUT2D eigenvalue weighted by molar-refractivity contribution is 0.326. The van der Waals surface area contributed by atoms with Gasteiger partial charge in [-0.05, 0) is 39.0 Å². The van der Waals surface area contributed by atoms with Crippen LogP contribution in [0.2, 0.25) is 0 Å². The molecule has 0 unspecified atom stereocenters. The van der Waals surface area contributed by atoms with Crippen LogP contribution >= 0.6 is 28.3 Å². The van der Waals surface area contributed by atoms with Crippen LogP contribution in [0.1, 0.15) is 32.4 Å². The molecule has 0 aliphatic heterocycles. The highest BCUT2D eigenvalue weighted by Crippen LogP contribution is 2.32. The van der Waals surface area contributed by atoms with Crippen molar-refractivity contribution in [2.45, 2.75) is 26.8 Å². The summed E-state index contributed by atoms with van der Waals surface area (Å²) >= 11 is 3.15. The molecule has 86 valence electrons. The van der Waals surface area contributed by atoms with Crippen molar-refractivity contribution < 1.29 is 4.39 Å². The lowest BCUT2D eigenvalue weighted by Crippen LogP contribution is -2.26. The first-order valence-electron chi connectivity index (χ1n) is 4.53. The van der Waals surface area contributed by atoms with Crippen molar-refractivity contribution in [1.29, 1.82) is 0 Å². The highest BCUT2D eigenvalue weighted by atomic mass is 79.9. The maximum Gasteiger partial charge on any atom is 0.137 e. The zero-order chi connectivity index (χ0) is 10.9. The molecular weight excluding hydrogens is 280 g/mol. The standard InChI is InChI=1S/C11H15BrFN.ClH/c1-11(2,3)10(14)7-4-5-9(13)8(12)6-7;/h4-6,10H,14H2,1-3H3;1H/t10-;/m0./s1. The molecule has 4 heteroatoms. The number of nitrogens with two attached hydrogens (primary N) is 1. The molecule has 1 rings (SSSR count). The van der Waals surface area contributed by atoms with Crippen molar-refractivity contribution in [2.75, 3.05) is 0 Å². The molecule has 15 heavy (non-hydrogen) atoms. The number of hydrogen-bond donors (Lipinski definition) is 1. The second-order valence-electron chi connectivity index (χ2n) is 4.52. The fourth-order valence-electron chi connectivity index (χ4n) is 1.21. The third-order valence-electron chi connectivity index (χ3n) is 2.24. The predicted molar refractivity (Wildman–Crippen MR) is 67.7 cm³/mol. The molecule has 1 nitrogen and oxygen atoms in total. The van der Waals surface area contributed by atoms with Gasteiger partial charge in [0.2, 0.25) is 0 Å². The first-order chi connectivity index (χ1) is 6.32. The van der Waals surface area contributed by atoms with E-state index in [4.69, 9.17) is 5.73 Å². The van der Waals surface area contributed by atoms with E-state index in [-0.39, 0.29) is 29.7 Å². The van der Waals surface area contributed by atoms with E-state index in [1.165, 1.54) is 6.07 Å². The van der Waals surface area contributed by atoms with Gasteiger partial charge in [-0.25, -0.2) is 4.39 Å². The average Bonchev–Trinajstić information content (AvgIpc) is 2.07. The fourth-order valence-corrected chi connectivity index (χ4v) is 1.60. The van der Waals surface area contributed by atoms with Crippen LogP contribution < -0.4 is 5.73 Å². The van der Waals surface area contributed by atoms with Gasteiger partial charge in [0, 0.05) is 6.04 Å². The van der Waals surface area contributed by atoms with Crippen LogP contribution in [0.25, 0.3) is 0 Å². The molecule has 0 aliphatic carbocycles. The van der Waals surface area contributed by atoms with Gasteiger partial charge in [-0.3, -0.25) is 0 Å². The lowest BCUT2D eigenvalue weighted by atomic mass is 9.83. The zero-order valence-corrected chi connectivity index (χ0v) is 11.5. The predicted octanol–water partition coefficient (Wildman–Crippen LogP) is 4.06. The molecule has 0 fully saturated rings. The molecule has 0 aliphatic rings. The highest BCUT2D eigenvalue weighted by Gasteiger charge is 2.22. The minimum atomic E-state index is -0.255. The molecule has 0 saturated heterocycles. The second-order valence-corrected chi connectivity index (χ2v) is 5.37. The smallest absolute Gasteiger partial charge is 0.137 e. The summed E-state index contributed by atoms with van der Waals surface area (Å²) in [5.74, 6) is -0.255. The Morgan fingerprint density at radius 1 is 1.33 bits per heavy atom. The van der Waals surface area contributed by atoms with Gasteiger partial charge in [0.05, 0.1) is 4.47 Å². The molecule has 0 amide bonds. The largest absolute Gasteiger partial charge is 0.324 e. The minimum absolute atomic E-state index is 0. The quantitative estimate of drug-likeness (QED) is 0.831. The molecular formula is C11H16BrClFN. The third kappa shape index (κ3) is 3.74. The first-order valence-corrected chi connectivity index (χ1v) is 5.32. The van der Waals surface area contributed by atoms with Crippen LogP contribution in [-0.2, 0) is 0 Å². The third-order valence-corrected chi connectivity index (χ3v) is 2.84. The molecule has 0 heterocycles. The van der Waals surface area contributed by atoms with Crippen molar-refractivity contribution in [3.8, 4) is 0 Å². The summed E-state index contributed by atoms with van der Waals surface area (Å²) in [4.78, 5) is 0. The molecule has 0 aromatic heterocycles. The first kappa shape index (κ1) is 14.9.